The predicted octanol–water partition coefficient (Wildman–Crippen LogP) is 3.40. The summed E-state index contributed by atoms with van der Waals surface area (Å²) in [4.78, 5) is 27.7. The van der Waals surface area contributed by atoms with Crippen LogP contribution in [0.4, 0.5) is 10.5 Å². The lowest BCUT2D eigenvalue weighted by Gasteiger charge is -2.11. The van der Waals surface area contributed by atoms with Crippen LogP contribution in [-0.2, 0) is 11.3 Å². The number of imide groups is 1. The minimum atomic E-state index is -0.395. The number of allylic oxidation sites excluding steroid dienone is 2. The third-order valence-corrected chi connectivity index (χ3v) is 4.11. The van der Waals surface area contributed by atoms with Crippen LogP contribution in [-0.4, -0.2) is 30.9 Å². The minimum Gasteiger partial charge on any atom is -0.378 e. The normalized spacial score (nSPS) is 15.8. The van der Waals surface area contributed by atoms with Gasteiger partial charge in [0.15, 0.2) is 0 Å². The van der Waals surface area contributed by atoms with E-state index in [1.807, 2.05) is 79.7 Å². The molecule has 0 bridgehead atoms. The van der Waals surface area contributed by atoms with Gasteiger partial charge in [0.2, 0.25) is 0 Å². The van der Waals surface area contributed by atoms with Gasteiger partial charge in [0.05, 0.1) is 6.54 Å². The third kappa shape index (κ3) is 4.00. The monoisotopic (exact) mass is 347 g/mol. The molecule has 1 aliphatic heterocycles. The lowest BCUT2D eigenvalue weighted by molar-refractivity contribution is -0.123. The Hall–Kier alpha value is -3.34. The van der Waals surface area contributed by atoms with Crippen molar-refractivity contribution in [2.45, 2.75) is 6.54 Å². The van der Waals surface area contributed by atoms with Crippen molar-refractivity contribution in [3.8, 4) is 0 Å². The van der Waals surface area contributed by atoms with Gasteiger partial charge in [-0.2, -0.15) is 0 Å². The summed E-state index contributed by atoms with van der Waals surface area (Å²) in [7, 11) is 3.98. The summed E-state index contributed by atoms with van der Waals surface area (Å²) < 4.78 is 0. The smallest absolute Gasteiger partial charge is 0.329 e. The topological polar surface area (TPSA) is 52.7 Å². The fourth-order valence-electron chi connectivity index (χ4n) is 2.64. The van der Waals surface area contributed by atoms with Crippen molar-refractivity contribution in [1.29, 1.82) is 0 Å². The second-order valence-electron chi connectivity index (χ2n) is 6.23. The Morgan fingerprint density at radius 2 is 1.69 bits per heavy atom. The van der Waals surface area contributed by atoms with Gasteiger partial charge in [-0.15, -0.1) is 0 Å². The Balaban J connectivity index is 1.67. The van der Waals surface area contributed by atoms with Crippen LogP contribution >= 0.6 is 0 Å². The van der Waals surface area contributed by atoms with E-state index in [1.54, 1.807) is 12.2 Å². The summed E-state index contributed by atoms with van der Waals surface area (Å²) >= 11 is 0. The molecule has 1 heterocycles. The molecule has 5 heteroatoms. The maximum Gasteiger partial charge on any atom is 0.329 e. The number of amides is 3. The Bertz CT molecular complexity index is 853. The van der Waals surface area contributed by atoms with Gasteiger partial charge in [-0.25, -0.2) is 4.79 Å². The maximum absolute atomic E-state index is 12.4. The molecule has 0 unspecified atom stereocenters. The second-order valence-corrected chi connectivity index (χ2v) is 6.23. The highest BCUT2D eigenvalue weighted by atomic mass is 16.2. The number of carbonyl (C=O) groups is 2. The van der Waals surface area contributed by atoms with Crippen molar-refractivity contribution in [3.05, 3.63) is 83.6 Å². The molecule has 1 saturated heterocycles. The Morgan fingerprint density at radius 1 is 1.00 bits per heavy atom. The zero-order valence-electron chi connectivity index (χ0n) is 14.8. The quantitative estimate of drug-likeness (QED) is 0.666. The Labute approximate surface area is 153 Å². The van der Waals surface area contributed by atoms with Crippen molar-refractivity contribution < 1.29 is 9.59 Å². The van der Waals surface area contributed by atoms with Gasteiger partial charge in [0, 0.05) is 19.8 Å². The van der Waals surface area contributed by atoms with Gasteiger partial charge in [-0.3, -0.25) is 9.69 Å². The van der Waals surface area contributed by atoms with Crippen molar-refractivity contribution in [1.82, 2.24) is 10.2 Å². The average molecular weight is 347 g/mol. The van der Waals surface area contributed by atoms with Crippen LogP contribution < -0.4 is 10.2 Å². The zero-order valence-corrected chi connectivity index (χ0v) is 14.8. The number of urea groups is 1. The Morgan fingerprint density at radius 3 is 2.35 bits per heavy atom. The molecule has 5 nitrogen and oxygen atoms in total. The molecule has 2 aromatic rings. The fourth-order valence-corrected chi connectivity index (χ4v) is 2.64. The van der Waals surface area contributed by atoms with Gasteiger partial charge < -0.3 is 10.2 Å². The summed E-state index contributed by atoms with van der Waals surface area (Å²) in [6, 6.07) is 17.1. The molecule has 26 heavy (non-hydrogen) atoms. The lowest BCUT2D eigenvalue weighted by Crippen LogP contribution is -2.30. The first-order valence-electron chi connectivity index (χ1n) is 8.37. The first kappa shape index (κ1) is 17.5. The number of carbonyl (C=O) groups excluding carboxylic acids is 2. The van der Waals surface area contributed by atoms with E-state index >= 15 is 0 Å². The summed E-state index contributed by atoms with van der Waals surface area (Å²) in [5.41, 5.74) is 3.33. The van der Waals surface area contributed by atoms with Crippen molar-refractivity contribution in [3.63, 3.8) is 0 Å². The summed E-state index contributed by atoms with van der Waals surface area (Å²) in [5, 5.41) is 2.62. The highest BCUT2D eigenvalue weighted by molar-refractivity contribution is 6.11. The zero-order chi connectivity index (χ0) is 18.5. The number of hydrogen-bond donors (Lipinski definition) is 1. The van der Waals surface area contributed by atoms with Crippen LogP contribution in [0, 0.1) is 0 Å². The van der Waals surface area contributed by atoms with Crippen molar-refractivity contribution in [2.75, 3.05) is 19.0 Å². The van der Waals surface area contributed by atoms with Gasteiger partial charge >= 0.3 is 6.03 Å². The summed E-state index contributed by atoms with van der Waals surface area (Å²) in [6.07, 6.45) is 5.29. The van der Waals surface area contributed by atoms with Crippen LogP contribution in [0.1, 0.15) is 11.1 Å². The lowest BCUT2D eigenvalue weighted by atomic mass is 10.2. The summed E-state index contributed by atoms with van der Waals surface area (Å²) in [5.74, 6) is -0.313. The molecule has 3 amide bonds. The highest BCUT2D eigenvalue weighted by Gasteiger charge is 2.32. The molecular weight excluding hydrogens is 326 g/mol. The molecule has 0 radical (unpaired) electrons. The van der Waals surface area contributed by atoms with Crippen LogP contribution in [0.3, 0.4) is 0 Å². The first-order valence-corrected chi connectivity index (χ1v) is 8.37. The first-order chi connectivity index (χ1) is 12.5. The Kier molecular flexibility index (Phi) is 5.17. The molecule has 2 aromatic carbocycles. The molecule has 0 atom stereocenters. The number of nitrogens with one attached hydrogen (secondary N) is 1. The minimum absolute atomic E-state index is 0.262. The number of nitrogens with zero attached hydrogens (tertiary/aromatic N) is 2. The van der Waals surface area contributed by atoms with Gasteiger partial charge in [-0.05, 0) is 29.3 Å². The van der Waals surface area contributed by atoms with E-state index in [-0.39, 0.29) is 18.1 Å². The molecule has 1 N–H and O–H groups in total. The van der Waals surface area contributed by atoms with Gasteiger partial charge in [0.1, 0.15) is 5.70 Å². The standard InChI is InChI=1S/C21H21N3O2/c1-23(2)18-13-11-16(12-14-18)9-6-10-19-20(25)24(21(26)22-19)15-17-7-4-3-5-8-17/h3-14H,15H2,1-2H3,(H,22,26)/b9-6+,19-10+. The predicted molar refractivity (Wildman–Crippen MR) is 103 cm³/mol. The SMILES string of the molecule is CN(C)c1ccc(/C=C/C=C2/NC(=O)N(Cc3ccccc3)C2=O)cc1. The number of anilines is 1. The maximum atomic E-state index is 12.4. The van der Waals surface area contributed by atoms with E-state index in [1.165, 1.54) is 4.90 Å². The molecule has 3 rings (SSSR count). The molecule has 0 saturated carbocycles. The van der Waals surface area contributed by atoms with Crippen LogP contribution in [0.25, 0.3) is 6.08 Å². The number of hydrogen-bond acceptors (Lipinski definition) is 3. The molecule has 132 valence electrons. The summed E-state index contributed by atoms with van der Waals surface area (Å²) in [6.45, 7) is 0.262. The van der Waals surface area contributed by atoms with E-state index in [0.717, 1.165) is 16.8 Å². The van der Waals surface area contributed by atoms with E-state index in [4.69, 9.17) is 0 Å². The number of rotatable bonds is 5. The van der Waals surface area contributed by atoms with E-state index in [2.05, 4.69) is 5.32 Å². The van der Waals surface area contributed by atoms with E-state index < -0.39 is 6.03 Å². The van der Waals surface area contributed by atoms with Gasteiger partial charge in [0.25, 0.3) is 5.91 Å². The second kappa shape index (κ2) is 7.70. The average Bonchev–Trinajstić information content (AvgIpc) is 2.91. The third-order valence-electron chi connectivity index (χ3n) is 4.11. The molecule has 0 spiro atoms. The fraction of sp³-hybridized carbons (Fsp3) is 0.143. The van der Waals surface area contributed by atoms with E-state index in [9.17, 15) is 9.59 Å². The molecule has 0 aromatic heterocycles. The van der Waals surface area contributed by atoms with Crippen LogP contribution in [0.5, 0.6) is 0 Å². The number of benzene rings is 2. The molecule has 1 fully saturated rings. The van der Waals surface area contributed by atoms with Crippen LogP contribution in [0.15, 0.2) is 72.4 Å². The molecular formula is C21H21N3O2. The molecule has 1 aliphatic rings. The highest BCUT2D eigenvalue weighted by Crippen LogP contribution is 2.16. The largest absolute Gasteiger partial charge is 0.378 e. The van der Waals surface area contributed by atoms with Crippen molar-refractivity contribution in [2.24, 2.45) is 0 Å². The van der Waals surface area contributed by atoms with Crippen molar-refractivity contribution >= 4 is 23.7 Å². The van der Waals surface area contributed by atoms with Crippen LogP contribution in [0.2, 0.25) is 0 Å². The van der Waals surface area contributed by atoms with Gasteiger partial charge in [-0.1, -0.05) is 54.6 Å². The molecule has 0 aliphatic carbocycles. The van der Waals surface area contributed by atoms with E-state index in [0.29, 0.717) is 0 Å².